The van der Waals surface area contributed by atoms with Gasteiger partial charge in [0.1, 0.15) is 0 Å². The van der Waals surface area contributed by atoms with E-state index in [0.717, 1.165) is 48.4 Å². The van der Waals surface area contributed by atoms with Gasteiger partial charge >= 0.3 is 0 Å². The summed E-state index contributed by atoms with van der Waals surface area (Å²) in [5.41, 5.74) is 5.09. The largest absolute Gasteiger partial charge is 0.369 e. The molecule has 34 heavy (non-hydrogen) atoms. The second-order valence-corrected chi connectivity index (χ2v) is 9.19. The van der Waals surface area contributed by atoms with Crippen molar-refractivity contribution in [1.29, 1.82) is 0 Å². The molecule has 0 saturated carbocycles. The van der Waals surface area contributed by atoms with Crippen molar-refractivity contribution in [2.45, 2.75) is 38.0 Å². The first-order chi connectivity index (χ1) is 16.7. The first-order valence-corrected chi connectivity index (χ1v) is 12.3. The molecule has 2 aliphatic heterocycles. The lowest BCUT2D eigenvalue weighted by Crippen LogP contribution is -2.39. The monoisotopic (exact) mass is 455 g/mol. The molecule has 5 nitrogen and oxygen atoms in total. The Morgan fingerprint density at radius 1 is 1.03 bits per heavy atom. The Labute approximate surface area is 202 Å². The summed E-state index contributed by atoms with van der Waals surface area (Å²) in [6.07, 6.45) is 3.21. The number of benzene rings is 3. The number of nitrogens with zero attached hydrogens (tertiary/aromatic N) is 2. The molecule has 0 radical (unpaired) electrons. The van der Waals surface area contributed by atoms with Crippen molar-refractivity contribution in [3.63, 3.8) is 0 Å². The van der Waals surface area contributed by atoms with Crippen LogP contribution in [0.15, 0.2) is 78.9 Å². The Morgan fingerprint density at radius 2 is 1.85 bits per heavy atom. The van der Waals surface area contributed by atoms with Crippen molar-refractivity contribution in [2.75, 3.05) is 36.5 Å². The molecule has 3 aromatic rings. The van der Waals surface area contributed by atoms with Gasteiger partial charge in [-0.2, -0.15) is 0 Å². The summed E-state index contributed by atoms with van der Waals surface area (Å²) in [6, 6.07) is 27.1. The third-order valence-electron chi connectivity index (χ3n) is 6.96. The normalized spacial score (nSPS) is 18.4. The summed E-state index contributed by atoms with van der Waals surface area (Å²) in [5, 5.41) is 3.23. The number of hydrogen-bond acceptors (Lipinski definition) is 4. The van der Waals surface area contributed by atoms with Gasteiger partial charge in [0.2, 0.25) is 0 Å². The number of rotatable bonds is 8. The standard InChI is InChI=1S/C29H33N3O2/c1-30-17-16-28(23-10-3-2-4-11-23)34-21-22-9-7-12-24(19-22)32-20-25-13-8-18-31(25)27-15-6-5-14-26(27)29(32)33/h2-7,9-12,14-15,19,25,28,30H,8,13,16-18,20-21H2,1H3/t25-,28+/m0/s1. The number of carbonyl (C=O) groups excluding carboxylic acids is 1. The van der Waals surface area contributed by atoms with Gasteiger partial charge in [0.25, 0.3) is 5.91 Å². The van der Waals surface area contributed by atoms with Gasteiger partial charge in [-0.25, -0.2) is 0 Å². The zero-order valence-corrected chi connectivity index (χ0v) is 19.8. The predicted molar refractivity (Wildman–Crippen MR) is 137 cm³/mol. The molecule has 0 bridgehead atoms. The zero-order valence-electron chi connectivity index (χ0n) is 19.8. The van der Waals surface area contributed by atoms with Crippen LogP contribution in [-0.4, -0.2) is 38.6 Å². The smallest absolute Gasteiger partial charge is 0.260 e. The van der Waals surface area contributed by atoms with Crippen LogP contribution >= 0.6 is 0 Å². The molecular formula is C29H33N3O2. The Balaban J connectivity index is 1.37. The van der Waals surface area contributed by atoms with Crippen molar-refractivity contribution in [2.24, 2.45) is 0 Å². The highest BCUT2D eigenvalue weighted by Gasteiger charge is 2.35. The fourth-order valence-electron chi connectivity index (χ4n) is 5.21. The van der Waals surface area contributed by atoms with E-state index in [0.29, 0.717) is 19.2 Å². The van der Waals surface area contributed by atoms with E-state index in [2.05, 4.69) is 52.7 Å². The van der Waals surface area contributed by atoms with Crippen molar-refractivity contribution >= 4 is 17.3 Å². The Morgan fingerprint density at radius 3 is 2.71 bits per heavy atom. The molecule has 2 heterocycles. The fraction of sp³-hybridized carbons (Fsp3) is 0.345. The molecule has 0 aliphatic carbocycles. The maximum absolute atomic E-state index is 13.6. The molecule has 5 heteroatoms. The van der Waals surface area contributed by atoms with Crippen molar-refractivity contribution < 1.29 is 9.53 Å². The van der Waals surface area contributed by atoms with E-state index in [1.807, 2.05) is 48.3 Å². The summed E-state index contributed by atoms with van der Waals surface area (Å²) in [6.45, 7) is 3.13. The van der Waals surface area contributed by atoms with Crippen LogP contribution in [0, 0.1) is 0 Å². The van der Waals surface area contributed by atoms with Gasteiger partial charge in [0, 0.05) is 30.5 Å². The predicted octanol–water partition coefficient (Wildman–Crippen LogP) is 5.18. The number of anilines is 2. The summed E-state index contributed by atoms with van der Waals surface area (Å²) in [4.78, 5) is 18.0. The van der Waals surface area contributed by atoms with Gasteiger partial charge in [0.05, 0.1) is 18.3 Å². The van der Waals surface area contributed by atoms with Crippen LogP contribution in [0.1, 0.15) is 46.9 Å². The number of amides is 1. The number of fused-ring (bicyclic) bond motifs is 3. The minimum Gasteiger partial charge on any atom is -0.369 e. The molecule has 2 aliphatic rings. The van der Waals surface area contributed by atoms with Crippen molar-refractivity contribution in [3.05, 3.63) is 95.6 Å². The molecule has 0 unspecified atom stereocenters. The molecular weight excluding hydrogens is 422 g/mol. The lowest BCUT2D eigenvalue weighted by Gasteiger charge is -2.28. The Hall–Kier alpha value is -3.15. The molecule has 1 saturated heterocycles. The highest BCUT2D eigenvalue weighted by atomic mass is 16.5. The SMILES string of the molecule is CNCC[C@@H](OCc1cccc(N2C[C@@H]3CCCN3c3ccccc3C2=O)c1)c1ccccc1. The minimum atomic E-state index is 0.0241. The summed E-state index contributed by atoms with van der Waals surface area (Å²) in [5.74, 6) is 0.0826. The van der Waals surface area contributed by atoms with Crippen molar-refractivity contribution in [3.8, 4) is 0 Å². The van der Waals surface area contributed by atoms with E-state index in [-0.39, 0.29) is 12.0 Å². The quantitative estimate of drug-likeness (QED) is 0.508. The van der Waals surface area contributed by atoms with Gasteiger partial charge in [0.15, 0.2) is 0 Å². The van der Waals surface area contributed by atoms with Crippen LogP contribution in [-0.2, 0) is 11.3 Å². The maximum Gasteiger partial charge on any atom is 0.260 e. The average Bonchev–Trinajstić information content (AvgIpc) is 3.31. The van der Waals surface area contributed by atoms with E-state index in [1.165, 1.54) is 12.0 Å². The molecule has 3 aromatic carbocycles. The maximum atomic E-state index is 13.6. The summed E-state index contributed by atoms with van der Waals surface area (Å²) >= 11 is 0. The average molecular weight is 456 g/mol. The van der Waals surface area contributed by atoms with Gasteiger partial charge in [-0.1, -0.05) is 54.6 Å². The molecule has 0 aromatic heterocycles. The van der Waals surface area contributed by atoms with Crippen LogP contribution in [0.5, 0.6) is 0 Å². The third-order valence-corrected chi connectivity index (χ3v) is 6.96. The summed E-state index contributed by atoms with van der Waals surface area (Å²) in [7, 11) is 1.97. The lowest BCUT2D eigenvalue weighted by atomic mass is 10.1. The van der Waals surface area contributed by atoms with Crippen molar-refractivity contribution in [1.82, 2.24) is 5.32 Å². The van der Waals surface area contributed by atoms with E-state index in [1.54, 1.807) is 0 Å². The lowest BCUT2D eigenvalue weighted by molar-refractivity contribution is 0.0344. The van der Waals surface area contributed by atoms with Gasteiger partial charge in [-0.15, -0.1) is 0 Å². The number of hydrogen-bond donors (Lipinski definition) is 1. The first-order valence-electron chi connectivity index (χ1n) is 12.3. The van der Waals surface area contributed by atoms with Crippen LogP contribution in [0.3, 0.4) is 0 Å². The van der Waals surface area contributed by atoms with E-state index >= 15 is 0 Å². The number of para-hydroxylation sites is 1. The van der Waals surface area contributed by atoms with Crippen LogP contribution in [0.2, 0.25) is 0 Å². The molecule has 0 spiro atoms. The number of nitrogens with one attached hydrogen (secondary N) is 1. The minimum absolute atomic E-state index is 0.0241. The molecule has 5 rings (SSSR count). The Kier molecular flexibility index (Phi) is 6.93. The molecule has 2 atom stereocenters. The van der Waals surface area contributed by atoms with E-state index in [9.17, 15) is 4.79 Å². The molecule has 1 N–H and O–H groups in total. The summed E-state index contributed by atoms with van der Waals surface area (Å²) < 4.78 is 6.38. The van der Waals surface area contributed by atoms with Gasteiger partial charge < -0.3 is 19.9 Å². The molecule has 176 valence electrons. The highest BCUT2D eigenvalue weighted by Crippen LogP contribution is 2.35. The van der Waals surface area contributed by atoms with E-state index in [4.69, 9.17) is 4.74 Å². The van der Waals surface area contributed by atoms with Crippen LogP contribution < -0.4 is 15.1 Å². The van der Waals surface area contributed by atoms with Crippen LogP contribution in [0.25, 0.3) is 0 Å². The van der Waals surface area contributed by atoms with Crippen LogP contribution in [0.4, 0.5) is 11.4 Å². The number of ether oxygens (including phenoxy) is 1. The molecule has 1 amide bonds. The second-order valence-electron chi connectivity index (χ2n) is 9.19. The van der Waals surface area contributed by atoms with E-state index < -0.39 is 0 Å². The first kappa shape index (κ1) is 22.6. The Bertz CT molecular complexity index is 1120. The van der Waals surface area contributed by atoms with Gasteiger partial charge in [-0.3, -0.25) is 4.79 Å². The zero-order chi connectivity index (χ0) is 23.3. The van der Waals surface area contributed by atoms with Gasteiger partial charge in [-0.05, 0) is 68.2 Å². The molecule has 1 fully saturated rings. The third kappa shape index (κ3) is 4.72. The number of carbonyl (C=O) groups is 1. The topological polar surface area (TPSA) is 44.8 Å². The second kappa shape index (κ2) is 10.4. The fourth-order valence-corrected chi connectivity index (χ4v) is 5.21. The highest BCUT2D eigenvalue weighted by molar-refractivity contribution is 6.10.